The summed E-state index contributed by atoms with van der Waals surface area (Å²) in [4.78, 5) is 12.7. The fourth-order valence-electron chi connectivity index (χ4n) is 1.74. The molecule has 5 heteroatoms. The molecule has 0 unspecified atom stereocenters. The Labute approximate surface area is 87.5 Å². The molecule has 1 aromatic heterocycles. The van der Waals surface area contributed by atoms with Crippen LogP contribution in [0.5, 0.6) is 0 Å². The summed E-state index contributed by atoms with van der Waals surface area (Å²) in [5.41, 5.74) is 5.44. The van der Waals surface area contributed by atoms with Gasteiger partial charge in [-0.2, -0.15) is 0 Å². The quantitative estimate of drug-likeness (QED) is 0.776. The summed E-state index contributed by atoms with van der Waals surface area (Å²) >= 11 is 0. The van der Waals surface area contributed by atoms with Crippen LogP contribution in [-0.2, 0) is 4.79 Å². The largest absolute Gasteiger partial charge is 0.480 e. The number of carboxylic acids is 1. The van der Waals surface area contributed by atoms with Gasteiger partial charge in [-0.25, -0.2) is 0 Å². The van der Waals surface area contributed by atoms with Crippen molar-refractivity contribution >= 4 is 11.9 Å². The number of hydrogen-bond donors (Lipinski definition) is 2. The van der Waals surface area contributed by atoms with Gasteiger partial charge in [0, 0.05) is 19.2 Å². The lowest BCUT2D eigenvalue weighted by molar-refractivity contribution is -0.139. The van der Waals surface area contributed by atoms with E-state index in [2.05, 4.69) is 4.90 Å². The van der Waals surface area contributed by atoms with Gasteiger partial charge in [0.05, 0.1) is 0 Å². The van der Waals surface area contributed by atoms with E-state index >= 15 is 0 Å². The zero-order chi connectivity index (χ0) is 10.8. The van der Waals surface area contributed by atoms with E-state index in [1.165, 1.54) is 0 Å². The third-order valence-corrected chi connectivity index (χ3v) is 2.60. The van der Waals surface area contributed by atoms with Gasteiger partial charge in [-0.3, -0.25) is 4.79 Å². The molecule has 0 bridgehead atoms. The zero-order valence-electron chi connectivity index (χ0n) is 8.35. The molecular formula is C10H14N2O3. The van der Waals surface area contributed by atoms with E-state index in [4.69, 9.17) is 15.3 Å². The van der Waals surface area contributed by atoms with Crippen LogP contribution < -0.4 is 10.6 Å². The Bertz CT molecular complexity index is 355. The van der Waals surface area contributed by atoms with Crippen LogP contribution in [0.2, 0.25) is 0 Å². The van der Waals surface area contributed by atoms with Crippen molar-refractivity contribution in [2.45, 2.75) is 18.9 Å². The second-order valence-electron chi connectivity index (χ2n) is 3.69. The van der Waals surface area contributed by atoms with E-state index in [1.807, 2.05) is 0 Å². The van der Waals surface area contributed by atoms with Crippen LogP contribution in [-0.4, -0.2) is 24.2 Å². The van der Waals surface area contributed by atoms with Crippen LogP contribution in [0.4, 0.5) is 5.88 Å². The molecule has 82 valence electrons. The zero-order valence-corrected chi connectivity index (χ0v) is 8.35. The Balaban J connectivity index is 2.12. The molecule has 0 aromatic carbocycles. The molecule has 5 nitrogen and oxygen atoms in total. The van der Waals surface area contributed by atoms with Gasteiger partial charge in [0.15, 0.2) is 11.9 Å². The summed E-state index contributed by atoms with van der Waals surface area (Å²) in [5.74, 6) is -0.0408. The highest BCUT2D eigenvalue weighted by Crippen LogP contribution is 2.25. The summed E-state index contributed by atoms with van der Waals surface area (Å²) in [7, 11) is 0. The lowest BCUT2D eigenvalue weighted by Gasteiger charge is -2.13. The van der Waals surface area contributed by atoms with E-state index in [-0.39, 0.29) is 0 Å². The summed E-state index contributed by atoms with van der Waals surface area (Å²) in [6.45, 7) is 1.94. The summed E-state index contributed by atoms with van der Waals surface area (Å²) in [6, 6.07) is 2.34. The highest BCUT2D eigenvalue weighted by molar-refractivity contribution is 5.74. The van der Waals surface area contributed by atoms with Gasteiger partial charge < -0.3 is 20.2 Å². The number of furan rings is 1. The molecule has 1 fully saturated rings. The highest BCUT2D eigenvalue weighted by Gasteiger charge is 2.21. The fraction of sp³-hybridized carbons (Fsp3) is 0.500. The number of nitrogens with two attached hydrogens (primary N) is 1. The molecule has 3 N–H and O–H groups in total. The Morgan fingerprint density at radius 1 is 1.47 bits per heavy atom. The second kappa shape index (κ2) is 3.94. The standard InChI is InChI=1S/C10H14N2O3/c11-9(10(13)14)7-3-4-8(15-7)12-5-1-2-6-12/h3-4,9H,1-2,5-6,11H2,(H,13,14)/t9-/m0/s1. The van der Waals surface area contributed by atoms with E-state index in [0.29, 0.717) is 5.76 Å². The van der Waals surface area contributed by atoms with Gasteiger partial charge in [0.25, 0.3) is 0 Å². The van der Waals surface area contributed by atoms with E-state index in [1.54, 1.807) is 12.1 Å². The average Bonchev–Trinajstić information content (AvgIpc) is 2.86. The first kappa shape index (κ1) is 10.0. The van der Waals surface area contributed by atoms with Crippen molar-refractivity contribution in [3.63, 3.8) is 0 Å². The van der Waals surface area contributed by atoms with Crippen LogP contribution >= 0.6 is 0 Å². The number of anilines is 1. The molecule has 1 atom stereocenters. The van der Waals surface area contributed by atoms with Gasteiger partial charge in [0.1, 0.15) is 5.76 Å². The molecule has 15 heavy (non-hydrogen) atoms. The molecule has 0 saturated carbocycles. The van der Waals surface area contributed by atoms with Crippen molar-refractivity contribution in [3.05, 3.63) is 17.9 Å². The smallest absolute Gasteiger partial charge is 0.328 e. The normalized spacial score (nSPS) is 18.1. The molecular weight excluding hydrogens is 196 g/mol. The van der Waals surface area contributed by atoms with Gasteiger partial charge in [-0.1, -0.05) is 0 Å². The minimum Gasteiger partial charge on any atom is -0.480 e. The first-order valence-corrected chi connectivity index (χ1v) is 5.01. The monoisotopic (exact) mass is 210 g/mol. The number of carbonyl (C=O) groups is 1. The van der Waals surface area contributed by atoms with E-state index in [0.717, 1.165) is 31.8 Å². The summed E-state index contributed by atoms with van der Waals surface area (Å²) in [6.07, 6.45) is 2.31. The molecule has 1 aliphatic rings. The van der Waals surface area contributed by atoms with Crippen molar-refractivity contribution in [1.82, 2.24) is 0 Å². The molecule has 0 amide bonds. The van der Waals surface area contributed by atoms with Crippen molar-refractivity contribution in [2.24, 2.45) is 5.73 Å². The van der Waals surface area contributed by atoms with Crippen molar-refractivity contribution in [1.29, 1.82) is 0 Å². The lowest BCUT2D eigenvalue weighted by atomic mass is 10.2. The SMILES string of the molecule is N[C@H](C(=O)O)c1ccc(N2CCCC2)o1. The van der Waals surface area contributed by atoms with Crippen molar-refractivity contribution in [2.75, 3.05) is 18.0 Å². The van der Waals surface area contributed by atoms with Crippen LogP contribution in [0.15, 0.2) is 16.5 Å². The number of nitrogens with zero attached hydrogens (tertiary/aromatic N) is 1. The average molecular weight is 210 g/mol. The Kier molecular flexibility index (Phi) is 2.64. The minimum atomic E-state index is -1.07. The molecule has 1 saturated heterocycles. The predicted octanol–water partition coefficient (Wildman–Crippen LogP) is 0.964. The molecule has 2 rings (SSSR count). The third-order valence-electron chi connectivity index (χ3n) is 2.60. The predicted molar refractivity (Wildman–Crippen MR) is 54.7 cm³/mol. The summed E-state index contributed by atoms with van der Waals surface area (Å²) in [5, 5.41) is 8.71. The number of carboxylic acid groups (broad SMARTS) is 1. The fourth-order valence-corrected chi connectivity index (χ4v) is 1.74. The molecule has 1 aromatic rings. The van der Waals surface area contributed by atoms with Crippen LogP contribution in [0.1, 0.15) is 24.6 Å². The van der Waals surface area contributed by atoms with E-state index in [9.17, 15) is 4.79 Å². The van der Waals surface area contributed by atoms with Crippen molar-refractivity contribution < 1.29 is 14.3 Å². The highest BCUT2D eigenvalue weighted by atomic mass is 16.4. The Morgan fingerprint density at radius 3 is 2.73 bits per heavy atom. The second-order valence-corrected chi connectivity index (χ2v) is 3.69. The topological polar surface area (TPSA) is 79.7 Å². The summed E-state index contributed by atoms with van der Waals surface area (Å²) < 4.78 is 5.41. The molecule has 2 heterocycles. The van der Waals surface area contributed by atoms with Gasteiger partial charge in [0.2, 0.25) is 0 Å². The maximum Gasteiger partial charge on any atom is 0.328 e. The van der Waals surface area contributed by atoms with Gasteiger partial charge in [-0.05, 0) is 18.9 Å². The van der Waals surface area contributed by atoms with Gasteiger partial charge >= 0.3 is 5.97 Å². The third kappa shape index (κ3) is 1.97. The van der Waals surface area contributed by atoms with Crippen molar-refractivity contribution in [3.8, 4) is 0 Å². The number of aliphatic carboxylic acids is 1. The maximum atomic E-state index is 10.6. The van der Waals surface area contributed by atoms with Crippen LogP contribution in [0.3, 0.4) is 0 Å². The first-order chi connectivity index (χ1) is 7.18. The lowest BCUT2D eigenvalue weighted by Crippen LogP contribution is -2.20. The van der Waals surface area contributed by atoms with E-state index < -0.39 is 12.0 Å². The first-order valence-electron chi connectivity index (χ1n) is 5.01. The maximum absolute atomic E-state index is 10.6. The molecule has 0 spiro atoms. The van der Waals surface area contributed by atoms with Gasteiger partial charge in [-0.15, -0.1) is 0 Å². The minimum absolute atomic E-state index is 0.310. The number of hydrogen-bond acceptors (Lipinski definition) is 4. The molecule has 1 aliphatic heterocycles. The molecule has 0 aliphatic carbocycles. The Hall–Kier alpha value is -1.49. The number of rotatable bonds is 3. The Morgan fingerprint density at radius 2 is 2.13 bits per heavy atom. The van der Waals surface area contributed by atoms with Crippen LogP contribution in [0.25, 0.3) is 0 Å². The molecule has 0 radical (unpaired) electrons. The van der Waals surface area contributed by atoms with Crippen LogP contribution in [0, 0.1) is 0 Å².